The van der Waals surface area contributed by atoms with Gasteiger partial charge in [-0.2, -0.15) is 13.2 Å². The number of hydrogen-bond acceptors (Lipinski definition) is 6. The lowest BCUT2D eigenvalue weighted by Crippen LogP contribution is -2.59. The summed E-state index contributed by atoms with van der Waals surface area (Å²) in [6.45, 7) is 1.30. The molecule has 11 heteroatoms. The Bertz CT molecular complexity index is 1130. The molecular formula is C21H18ClF3N6O. The highest BCUT2D eigenvalue weighted by Gasteiger charge is 2.31. The predicted octanol–water partition coefficient (Wildman–Crippen LogP) is 3.14. The fourth-order valence-electron chi connectivity index (χ4n) is 3.36. The molecule has 32 heavy (non-hydrogen) atoms. The average Bonchev–Trinajstić information content (AvgIpc) is 2.72. The molecule has 1 amide bonds. The first-order chi connectivity index (χ1) is 15.2. The number of nitrogens with two attached hydrogens (primary N) is 1. The number of rotatable bonds is 6. The van der Waals surface area contributed by atoms with Gasteiger partial charge in [-0.15, -0.1) is 0 Å². The number of nitrogens with one attached hydrogen (secondary N) is 1. The summed E-state index contributed by atoms with van der Waals surface area (Å²) in [6.07, 6.45) is 0.159. The number of amides is 1. The number of carbonyl (C=O) groups is 1. The molecule has 0 radical (unpaired) electrons. The number of aromatic nitrogens is 3. The van der Waals surface area contributed by atoms with Gasteiger partial charge in [-0.1, -0.05) is 23.7 Å². The van der Waals surface area contributed by atoms with E-state index < -0.39 is 17.6 Å². The summed E-state index contributed by atoms with van der Waals surface area (Å²) < 4.78 is 38.8. The minimum Gasteiger partial charge on any atom is -0.369 e. The highest BCUT2D eigenvalue weighted by molar-refractivity contribution is 6.33. The van der Waals surface area contributed by atoms with Crippen LogP contribution in [0.4, 0.5) is 19.0 Å². The van der Waals surface area contributed by atoms with Gasteiger partial charge < -0.3 is 16.0 Å². The topological polar surface area (TPSA) is 97.0 Å². The summed E-state index contributed by atoms with van der Waals surface area (Å²) in [5, 5.41) is 3.39. The SMILES string of the molecule is NC(=O)CNC1CN(c2cnc(-c3ccc(C(F)(F)F)cc3)c(-c3ccncc3Cl)n2)C1. The lowest BCUT2D eigenvalue weighted by molar-refractivity contribution is -0.137. The maximum Gasteiger partial charge on any atom is 0.416 e. The Balaban J connectivity index is 1.67. The summed E-state index contributed by atoms with van der Waals surface area (Å²) in [5.41, 5.74) is 6.28. The molecule has 4 rings (SSSR count). The number of primary amides is 1. The van der Waals surface area contributed by atoms with E-state index in [2.05, 4.69) is 15.3 Å². The standard InChI is InChI=1S/C21H18ClF3N6O/c22-16-7-27-6-5-15(16)20-19(12-1-3-13(4-2-12)21(23,24)25)29-9-18(30-20)31-10-14(11-31)28-8-17(26)32/h1-7,9,14,28H,8,10-11H2,(H2,26,32). The molecule has 0 aliphatic carbocycles. The Kier molecular flexibility index (Phi) is 5.98. The molecule has 1 aliphatic rings. The number of benzene rings is 1. The Morgan fingerprint density at radius 1 is 1.16 bits per heavy atom. The zero-order chi connectivity index (χ0) is 22.9. The van der Waals surface area contributed by atoms with Gasteiger partial charge in [0.15, 0.2) is 0 Å². The lowest BCUT2D eigenvalue weighted by Gasteiger charge is -2.40. The summed E-state index contributed by atoms with van der Waals surface area (Å²) >= 11 is 6.33. The van der Waals surface area contributed by atoms with Crippen LogP contribution in [0.5, 0.6) is 0 Å². The molecule has 0 unspecified atom stereocenters. The van der Waals surface area contributed by atoms with Crippen LogP contribution in [0.15, 0.2) is 48.9 Å². The summed E-state index contributed by atoms with van der Waals surface area (Å²) in [6, 6.07) is 6.50. The van der Waals surface area contributed by atoms with Crippen LogP contribution >= 0.6 is 11.6 Å². The molecule has 3 heterocycles. The van der Waals surface area contributed by atoms with Crippen molar-refractivity contribution in [3.8, 4) is 22.5 Å². The van der Waals surface area contributed by atoms with E-state index in [0.717, 1.165) is 12.1 Å². The van der Waals surface area contributed by atoms with Gasteiger partial charge in [0.1, 0.15) is 11.5 Å². The molecule has 0 spiro atoms. The van der Waals surface area contributed by atoms with Crippen LogP contribution in [0.1, 0.15) is 5.56 Å². The zero-order valence-corrected chi connectivity index (χ0v) is 17.4. The van der Waals surface area contributed by atoms with Crippen molar-refractivity contribution in [1.82, 2.24) is 20.3 Å². The van der Waals surface area contributed by atoms with Gasteiger partial charge >= 0.3 is 6.18 Å². The number of nitrogens with zero attached hydrogens (tertiary/aromatic N) is 4. The van der Waals surface area contributed by atoms with Gasteiger partial charge in [-0.25, -0.2) is 4.98 Å². The third-order valence-electron chi connectivity index (χ3n) is 5.04. The molecule has 0 saturated carbocycles. The van der Waals surface area contributed by atoms with Gasteiger partial charge in [-0.3, -0.25) is 14.8 Å². The smallest absolute Gasteiger partial charge is 0.369 e. The fourth-order valence-corrected chi connectivity index (χ4v) is 3.56. The monoisotopic (exact) mass is 462 g/mol. The highest BCUT2D eigenvalue weighted by atomic mass is 35.5. The molecule has 0 bridgehead atoms. The van der Waals surface area contributed by atoms with Gasteiger partial charge in [0.2, 0.25) is 5.91 Å². The Hall–Kier alpha value is -3.24. The molecule has 1 saturated heterocycles. The van der Waals surface area contributed by atoms with Crippen molar-refractivity contribution in [2.45, 2.75) is 12.2 Å². The largest absolute Gasteiger partial charge is 0.416 e. The van der Waals surface area contributed by atoms with Crippen LogP contribution in [0.25, 0.3) is 22.5 Å². The summed E-state index contributed by atoms with van der Waals surface area (Å²) in [7, 11) is 0. The van der Waals surface area contributed by atoms with Crippen molar-refractivity contribution >= 4 is 23.3 Å². The quantitative estimate of drug-likeness (QED) is 0.584. The van der Waals surface area contributed by atoms with E-state index >= 15 is 0 Å². The zero-order valence-electron chi connectivity index (χ0n) is 16.6. The molecule has 1 aromatic carbocycles. The predicted molar refractivity (Wildman–Crippen MR) is 114 cm³/mol. The normalized spacial score (nSPS) is 14.3. The van der Waals surface area contributed by atoms with Gasteiger partial charge in [0.25, 0.3) is 0 Å². The number of alkyl halides is 3. The maximum atomic E-state index is 12.9. The molecule has 166 valence electrons. The lowest BCUT2D eigenvalue weighted by atomic mass is 10.0. The van der Waals surface area contributed by atoms with Crippen LogP contribution in [0.2, 0.25) is 5.02 Å². The van der Waals surface area contributed by atoms with Gasteiger partial charge in [-0.05, 0) is 18.2 Å². The number of anilines is 1. The third kappa shape index (κ3) is 4.66. The maximum absolute atomic E-state index is 12.9. The second-order valence-electron chi connectivity index (χ2n) is 7.31. The summed E-state index contributed by atoms with van der Waals surface area (Å²) in [4.78, 5) is 26.1. The van der Waals surface area contributed by atoms with Crippen molar-refractivity contribution in [1.29, 1.82) is 0 Å². The molecule has 3 aromatic rings. The molecular weight excluding hydrogens is 445 g/mol. The van der Waals surface area contributed by atoms with E-state index in [9.17, 15) is 18.0 Å². The average molecular weight is 463 g/mol. The first-order valence-corrected chi connectivity index (χ1v) is 10.0. The van der Waals surface area contributed by atoms with E-state index in [1.165, 1.54) is 18.3 Å². The Morgan fingerprint density at radius 2 is 1.88 bits per heavy atom. The summed E-state index contributed by atoms with van der Waals surface area (Å²) in [5.74, 6) is 0.152. The molecule has 7 nitrogen and oxygen atoms in total. The van der Waals surface area contributed by atoms with Crippen molar-refractivity contribution in [2.24, 2.45) is 5.73 Å². The van der Waals surface area contributed by atoms with E-state index in [1.54, 1.807) is 18.5 Å². The molecule has 1 aliphatic heterocycles. The van der Waals surface area contributed by atoms with Crippen LogP contribution < -0.4 is 16.0 Å². The third-order valence-corrected chi connectivity index (χ3v) is 5.34. The van der Waals surface area contributed by atoms with Crippen LogP contribution in [0.3, 0.4) is 0 Å². The molecule has 2 aromatic heterocycles. The van der Waals surface area contributed by atoms with E-state index in [-0.39, 0.29) is 12.6 Å². The number of halogens is 4. The fraction of sp³-hybridized carbons (Fsp3) is 0.238. The van der Waals surface area contributed by atoms with Crippen LogP contribution in [0, 0.1) is 0 Å². The van der Waals surface area contributed by atoms with Crippen molar-refractivity contribution in [3.63, 3.8) is 0 Å². The van der Waals surface area contributed by atoms with E-state index in [4.69, 9.17) is 22.3 Å². The number of carbonyl (C=O) groups excluding carboxylic acids is 1. The molecule has 1 fully saturated rings. The Labute approximate surface area is 186 Å². The van der Waals surface area contributed by atoms with Crippen molar-refractivity contribution in [2.75, 3.05) is 24.5 Å². The highest BCUT2D eigenvalue weighted by Crippen LogP contribution is 2.36. The minimum atomic E-state index is -4.43. The minimum absolute atomic E-state index is 0.0897. The molecule has 3 N–H and O–H groups in total. The first kappa shape index (κ1) is 22.0. The van der Waals surface area contributed by atoms with E-state index in [0.29, 0.717) is 46.4 Å². The number of hydrogen-bond donors (Lipinski definition) is 2. The van der Waals surface area contributed by atoms with E-state index in [1.807, 2.05) is 4.90 Å². The van der Waals surface area contributed by atoms with Gasteiger partial charge in [0.05, 0.1) is 29.0 Å². The van der Waals surface area contributed by atoms with Crippen LogP contribution in [-0.4, -0.2) is 46.5 Å². The second kappa shape index (κ2) is 8.71. The Morgan fingerprint density at radius 3 is 2.50 bits per heavy atom. The number of pyridine rings is 1. The van der Waals surface area contributed by atoms with Crippen molar-refractivity contribution in [3.05, 3.63) is 59.5 Å². The van der Waals surface area contributed by atoms with Crippen LogP contribution in [-0.2, 0) is 11.0 Å². The second-order valence-corrected chi connectivity index (χ2v) is 7.71. The van der Waals surface area contributed by atoms with Crippen molar-refractivity contribution < 1.29 is 18.0 Å². The molecule has 0 atom stereocenters. The first-order valence-electron chi connectivity index (χ1n) is 9.63. The van der Waals surface area contributed by atoms with Gasteiger partial charge in [0, 0.05) is 42.7 Å².